The van der Waals surface area contributed by atoms with E-state index < -0.39 is 20.2 Å². The van der Waals surface area contributed by atoms with Gasteiger partial charge in [0.05, 0.1) is 4.90 Å². The smallest absolute Gasteiger partial charge is 0.214 e. The van der Waals surface area contributed by atoms with Crippen molar-refractivity contribution in [3.05, 3.63) is 29.8 Å². The molecule has 0 aliphatic heterocycles. The molecule has 0 amide bonds. The lowest BCUT2D eigenvalue weighted by Crippen LogP contribution is -2.23. The van der Waals surface area contributed by atoms with Gasteiger partial charge in [0, 0.05) is 0 Å². The first-order chi connectivity index (χ1) is 6.79. The highest BCUT2D eigenvalue weighted by Gasteiger charge is 2.46. The molecule has 1 rings (SSSR count). The van der Waals surface area contributed by atoms with Crippen LogP contribution in [0.25, 0.3) is 0 Å². The Kier molecular flexibility index (Phi) is 3.08. The zero-order chi connectivity index (χ0) is 11.7. The van der Waals surface area contributed by atoms with Gasteiger partial charge in [0.25, 0.3) is 9.84 Å². The Balaban J connectivity index is 3.18. The number of halogens is 3. The topological polar surface area (TPSA) is 34.1 Å². The van der Waals surface area contributed by atoms with E-state index in [0.29, 0.717) is 6.42 Å². The van der Waals surface area contributed by atoms with E-state index in [1.165, 1.54) is 12.1 Å². The van der Waals surface area contributed by atoms with E-state index in [-0.39, 0.29) is 0 Å². The summed E-state index contributed by atoms with van der Waals surface area (Å²) in [5, 5.41) is 0. The van der Waals surface area contributed by atoms with Gasteiger partial charge in [-0.2, -0.15) is 13.2 Å². The fourth-order valence-electron chi connectivity index (χ4n) is 1.04. The van der Waals surface area contributed by atoms with Crippen molar-refractivity contribution in [1.29, 1.82) is 0 Å². The number of sulfone groups is 1. The van der Waals surface area contributed by atoms with Crippen molar-refractivity contribution in [2.24, 2.45) is 0 Å². The van der Waals surface area contributed by atoms with Crippen molar-refractivity contribution >= 4 is 9.84 Å². The average molecular weight is 238 g/mol. The van der Waals surface area contributed by atoms with Crippen LogP contribution in [0.1, 0.15) is 12.5 Å². The van der Waals surface area contributed by atoms with Crippen LogP contribution in [0.2, 0.25) is 0 Å². The summed E-state index contributed by atoms with van der Waals surface area (Å²) in [7, 11) is -5.20. The second-order valence-corrected chi connectivity index (χ2v) is 4.89. The molecule has 6 heteroatoms. The van der Waals surface area contributed by atoms with Crippen LogP contribution in [0.15, 0.2) is 29.2 Å². The first kappa shape index (κ1) is 12.0. The van der Waals surface area contributed by atoms with Gasteiger partial charge in [-0.25, -0.2) is 8.42 Å². The summed E-state index contributed by atoms with van der Waals surface area (Å²) in [5.74, 6) is 0. The Morgan fingerprint density at radius 1 is 1.13 bits per heavy atom. The van der Waals surface area contributed by atoms with Crippen molar-refractivity contribution in [3.63, 3.8) is 0 Å². The van der Waals surface area contributed by atoms with E-state index in [2.05, 4.69) is 0 Å². The lowest BCUT2D eigenvalue weighted by atomic mass is 10.2. The lowest BCUT2D eigenvalue weighted by Gasteiger charge is -2.08. The SMILES string of the molecule is CCc1ccc(S(=O)(=O)C(F)(F)F)cc1. The van der Waals surface area contributed by atoms with Crippen molar-refractivity contribution in [1.82, 2.24) is 0 Å². The van der Waals surface area contributed by atoms with Crippen LogP contribution < -0.4 is 0 Å². The number of alkyl halides is 3. The summed E-state index contributed by atoms with van der Waals surface area (Å²) in [5.41, 5.74) is -4.45. The van der Waals surface area contributed by atoms with E-state index in [4.69, 9.17) is 0 Å². The van der Waals surface area contributed by atoms with Crippen LogP contribution in [0, 0.1) is 0 Å². The molecule has 0 saturated carbocycles. The standard InChI is InChI=1S/C9H9F3O2S/c1-2-7-3-5-8(6-4-7)15(13,14)9(10,11)12/h3-6H,2H2,1H3. The summed E-state index contributed by atoms with van der Waals surface area (Å²) in [6.45, 7) is 1.83. The summed E-state index contributed by atoms with van der Waals surface area (Å²) in [6.07, 6.45) is 0.645. The van der Waals surface area contributed by atoms with E-state index in [1.54, 1.807) is 0 Å². The second-order valence-electron chi connectivity index (χ2n) is 2.95. The highest BCUT2D eigenvalue weighted by atomic mass is 32.2. The fraction of sp³-hybridized carbons (Fsp3) is 0.333. The monoisotopic (exact) mass is 238 g/mol. The van der Waals surface area contributed by atoms with Crippen LogP contribution in [-0.2, 0) is 16.3 Å². The lowest BCUT2D eigenvalue weighted by molar-refractivity contribution is -0.0436. The molecule has 0 radical (unpaired) electrons. The molecular formula is C9H9F3O2S. The average Bonchev–Trinajstić information content (AvgIpc) is 2.16. The normalized spacial score (nSPS) is 12.8. The maximum Gasteiger partial charge on any atom is 0.501 e. The molecular weight excluding hydrogens is 229 g/mol. The van der Waals surface area contributed by atoms with Crippen LogP contribution in [-0.4, -0.2) is 13.9 Å². The van der Waals surface area contributed by atoms with Gasteiger partial charge in [-0.15, -0.1) is 0 Å². The largest absolute Gasteiger partial charge is 0.501 e. The minimum Gasteiger partial charge on any atom is -0.214 e. The van der Waals surface area contributed by atoms with Crippen LogP contribution in [0.5, 0.6) is 0 Å². The molecule has 1 aromatic carbocycles. The maximum absolute atomic E-state index is 12.1. The minimum atomic E-state index is -5.24. The number of hydrogen-bond acceptors (Lipinski definition) is 2. The van der Waals surface area contributed by atoms with Gasteiger partial charge in [0.15, 0.2) is 0 Å². The Labute approximate surface area is 85.6 Å². The van der Waals surface area contributed by atoms with E-state index >= 15 is 0 Å². The van der Waals surface area contributed by atoms with Gasteiger partial charge in [-0.3, -0.25) is 0 Å². The molecule has 0 saturated heterocycles. The maximum atomic E-state index is 12.1. The molecule has 0 aliphatic rings. The molecule has 1 aromatic rings. The molecule has 15 heavy (non-hydrogen) atoms. The minimum absolute atomic E-state index is 0.645. The van der Waals surface area contributed by atoms with Gasteiger partial charge in [-0.05, 0) is 24.1 Å². The van der Waals surface area contributed by atoms with Crippen LogP contribution >= 0.6 is 0 Å². The zero-order valence-electron chi connectivity index (χ0n) is 7.88. The van der Waals surface area contributed by atoms with Crippen molar-refractivity contribution in [2.45, 2.75) is 23.7 Å². The molecule has 0 bridgehead atoms. The third-order valence-corrected chi connectivity index (χ3v) is 3.45. The Morgan fingerprint density at radius 3 is 1.93 bits per heavy atom. The first-order valence-corrected chi connectivity index (χ1v) is 5.67. The molecule has 0 aromatic heterocycles. The Morgan fingerprint density at radius 2 is 1.60 bits per heavy atom. The first-order valence-electron chi connectivity index (χ1n) is 4.19. The third-order valence-electron chi connectivity index (χ3n) is 1.95. The molecule has 2 nitrogen and oxygen atoms in total. The van der Waals surface area contributed by atoms with Gasteiger partial charge < -0.3 is 0 Å². The van der Waals surface area contributed by atoms with Crippen molar-refractivity contribution in [2.75, 3.05) is 0 Å². The van der Waals surface area contributed by atoms with Gasteiger partial charge in [0.1, 0.15) is 0 Å². The van der Waals surface area contributed by atoms with E-state index in [1.807, 2.05) is 6.92 Å². The fourth-order valence-corrected chi connectivity index (χ4v) is 1.80. The highest BCUT2D eigenvalue weighted by molar-refractivity contribution is 7.92. The van der Waals surface area contributed by atoms with Gasteiger partial charge >= 0.3 is 5.51 Å². The molecule has 0 atom stereocenters. The summed E-state index contributed by atoms with van der Waals surface area (Å²) in [6, 6.07) is 4.70. The molecule has 84 valence electrons. The molecule has 0 N–H and O–H groups in total. The summed E-state index contributed by atoms with van der Waals surface area (Å²) < 4.78 is 58.2. The predicted octanol–water partition coefficient (Wildman–Crippen LogP) is 2.54. The van der Waals surface area contributed by atoms with Gasteiger partial charge in [0.2, 0.25) is 0 Å². The quantitative estimate of drug-likeness (QED) is 0.793. The molecule has 0 aliphatic carbocycles. The number of rotatable bonds is 2. The predicted molar refractivity (Wildman–Crippen MR) is 49.1 cm³/mol. The van der Waals surface area contributed by atoms with Crippen LogP contribution in [0.3, 0.4) is 0 Å². The van der Waals surface area contributed by atoms with E-state index in [9.17, 15) is 21.6 Å². The molecule has 0 spiro atoms. The molecule has 0 unspecified atom stereocenters. The molecule has 0 fully saturated rings. The Bertz CT molecular complexity index is 431. The second kappa shape index (κ2) is 3.84. The van der Waals surface area contributed by atoms with Crippen LogP contribution in [0.4, 0.5) is 13.2 Å². The van der Waals surface area contributed by atoms with Crippen molar-refractivity contribution < 1.29 is 21.6 Å². The number of aryl methyl sites for hydroxylation is 1. The van der Waals surface area contributed by atoms with Gasteiger partial charge in [-0.1, -0.05) is 19.1 Å². The summed E-state index contributed by atoms with van der Waals surface area (Å²) >= 11 is 0. The molecule has 0 heterocycles. The van der Waals surface area contributed by atoms with E-state index in [0.717, 1.165) is 17.7 Å². The highest BCUT2D eigenvalue weighted by Crippen LogP contribution is 2.30. The Hall–Kier alpha value is -1.04. The number of hydrogen-bond donors (Lipinski definition) is 0. The summed E-state index contributed by atoms with van der Waals surface area (Å²) in [4.78, 5) is -0.716. The third kappa shape index (κ3) is 2.31. The number of benzene rings is 1. The zero-order valence-corrected chi connectivity index (χ0v) is 8.69. The van der Waals surface area contributed by atoms with Crippen molar-refractivity contribution in [3.8, 4) is 0 Å².